The van der Waals surface area contributed by atoms with E-state index in [0.717, 1.165) is 56.5 Å². The fourth-order valence-corrected chi connectivity index (χ4v) is 8.43. The molecule has 46 heavy (non-hydrogen) atoms. The van der Waals surface area contributed by atoms with Crippen LogP contribution in [0.5, 0.6) is 0 Å². The number of benzene rings is 2. The Morgan fingerprint density at radius 1 is 0.587 bits per heavy atom. The minimum absolute atomic E-state index is 0. The van der Waals surface area contributed by atoms with Gasteiger partial charge in [0, 0.05) is 5.41 Å². The molecule has 2 aliphatic rings. The number of hydrogen-bond donors (Lipinski definition) is 0. The van der Waals surface area contributed by atoms with Crippen LogP contribution in [0.1, 0.15) is 114 Å². The minimum atomic E-state index is -0.427. The van der Waals surface area contributed by atoms with Crippen molar-refractivity contribution < 1.29 is 21.1 Å². The first-order valence-electron chi connectivity index (χ1n) is 17.1. The van der Waals surface area contributed by atoms with Gasteiger partial charge in [0.2, 0.25) is 0 Å². The van der Waals surface area contributed by atoms with Crippen LogP contribution in [0.2, 0.25) is 0 Å². The zero-order chi connectivity index (χ0) is 31.7. The molecule has 0 unspecified atom stereocenters. The molecule has 0 N–H and O–H groups in total. The predicted molar refractivity (Wildman–Crippen MR) is 193 cm³/mol. The van der Waals surface area contributed by atoms with E-state index in [1.165, 1.54) is 75.3 Å². The van der Waals surface area contributed by atoms with Crippen molar-refractivity contribution in [1.29, 1.82) is 0 Å². The van der Waals surface area contributed by atoms with Gasteiger partial charge in [-0.1, -0.05) is 101 Å². The summed E-state index contributed by atoms with van der Waals surface area (Å²) in [6.45, 7) is 9.55. The third-order valence-electron chi connectivity index (χ3n) is 10.8. The van der Waals surface area contributed by atoms with Crippen LogP contribution >= 0.6 is 0 Å². The van der Waals surface area contributed by atoms with Crippen LogP contribution in [0, 0.1) is 10.8 Å². The molecule has 0 bridgehead atoms. The molecular formula is C41H48N2PtS2. The largest absolute Gasteiger partial charge is 2.00 e. The molecule has 2 heterocycles. The van der Waals surface area contributed by atoms with Gasteiger partial charge >= 0.3 is 21.1 Å². The van der Waals surface area contributed by atoms with Crippen molar-refractivity contribution >= 4 is 25.3 Å². The second-order valence-electron chi connectivity index (χ2n) is 15.2. The molecule has 2 saturated carbocycles. The first-order chi connectivity index (χ1) is 21.5. The van der Waals surface area contributed by atoms with Crippen molar-refractivity contribution in [2.24, 2.45) is 10.8 Å². The van der Waals surface area contributed by atoms with Gasteiger partial charge in [0.15, 0.2) is 0 Å². The maximum Gasteiger partial charge on any atom is 2.00 e. The average Bonchev–Trinajstić information content (AvgIpc) is 3.01. The molecule has 0 saturated heterocycles. The van der Waals surface area contributed by atoms with Gasteiger partial charge in [-0.3, -0.25) is 9.97 Å². The smallest absolute Gasteiger partial charge is 0.779 e. The van der Waals surface area contributed by atoms with Gasteiger partial charge in [0.25, 0.3) is 0 Å². The summed E-state index contributed by atoms with van der Waals surface area (Å²) in [5.41, 5.74) is 9.05. The maximum atomic E-state index is 5.82. The molecule has 4 aromatic rings. The maximum absolute atomic E-state index is 5.82. The summed E-state index contributed by atoms with van der Waals surface area (Å²) in [5.74, 6) is 0. The van der Waals surface area contributed by atoms with Gasteiger partial charge in [-0.2, -0.15) is 9.79 Å². The molecule has 0 spiro atoms. The first kappa shape index (κ1) is 35.2. The summed E-state index contributed by atoms with van der Waals surface area (Å²) in [5, 5.41) is 0. The van der Waals surface area contributed by atoms with Crippen molar-refractivity contribution in [3.8, 4) is 22.5 Å². The Labute approximate surface area is 303 Å². The standard InChI is InChI=1S/C41H50N2S2.Pt/c1-39(2,37-25-29(27-40(3)19-11-5-12-20-40)23-33(42-37)31-15-7-9-17-35(31)44)38-26-30(28-41(4)21-13-6-14-22-41)24-34(43-38)32-16-8-10-18-36(32)45;/h7-10,15-18,23-26,44-45H,5-6,11-14,19-22,27-28H2,1-4H3;/q;+2/p-2. The van der Waals surface area contributed by atoms with Gasteiger partial charge in [-0.05, 0) is 110 Å². The first-order valence-corrected chi connectivity index (χ1v) is 17.9. The van der Waals surface area contributed by atoms with E-state index in [4.69, 9.17) is 35.2 Å². The third-order valence-corrected chi connectivity index (χ3v) is 11.5. The van der Waals surface area contributed by atoms with Crippen molar-refractivity contribution in [2.75, 3.05) is 0 Å². The molecule has 6 rings (SSSR count). The molecule has 2 aromatic heterocycles. The van der Waals surface area contributed by atoms with Crippen LogP contribution < -0.4 is 0 Å². The molecule has 2 aliphatic carbocycles. The van der Waals surface area contributed by atoms with Crippen LogP contribution in [0.4, 0.5) is 0 Å². The van der Waals surface area contributed by atoms with Crippen LogP contribution in [0.15, 0.2) is 82.6 Å². The van der Waals surface area contributed by atoms with E-state index in [0.29, 0.717) is 10.8 Å². The van der Waals surface area contributed by atoms with E-state index < -0.39 is 5.41 Å². The SMILES string of the molecule is CC1(Cc2cc(-c3ccccc3[S-])nc(C(C)(C)c3cc(CC4(C)CCCCC4)cc(-c4ccccc4[S-])n3)c2)CCCCC1.[Pt+2]. The summed E-state index contributed by atoms with van der Waals surface area (Å²) in [6, 6.07) is 25.8. The number of nitrogens with zero attached hydrogens (tertiary/aromatic N) is 2. The van der Waals surface area contributed by atoms with E-state index in [9.17, 15) is 0 Å². The Morgan fingerprint density at radius 2 is 0.957 bits per heavy atom. The van der Waals surface area contributed by atoms with Crippen molar-refractivity contribution in [3.05, 3.63) is 95.3 Å². The average molecular weight is 828 g/mol. The molecule has 0 radical (unpaired) electrons. The zero-order valence-corrected chi connectivity index (χ0v) is 31.8. The number of hydrogen-bond acceptors (Lipinski definition) is 4. The topological polar surface area (TPSA) is 25.8 Å². The van der Waals surface area contributed by atoms with Crippen LogP contribution in [-0.2, 0) is 64.6 Å². The molecule has 244 valence electrons. The zero-order valence-electron chi connectivity index (χ0n) is 27.9. The van der Waals surface area contributed by atoms with Crippen molar-refractivity contribution in [1.82, 2.24) is 9.97 Å². The summed E-state index contributed by atoms with van der Waals surface area (Å²) < 4.78 is 0. The predicted octanol–water partition coefficient (Wildman–Crippen LogP) is 11.0. The Morgan fingerprint density at radius 3 is 1.33 bits per heavy atom. The summed E-state index contributed by atoms with van der Waals surface area (Å²) in [6.07, 6.45) is 15.3. The quantitative estimate of drug-likeness (QED) is 0.165. The van der Waals surface area contributed by atoms with Crippen LogP contribution in [-0.4, -0.2) is 9.97 Å². The van der Waals surface area contributed by atoms with Crippen LogP contribution in [0.3, 0.4) is 0 Å². The Balaban J connectivity index is 0.00000417. The Kier molecular flexibility index (Phi) is 11.1. The third kappa shape index (κ3) is 7.94. The van der Waals surface area contributed by atoms with Gasteiger partial charge in [-0.25, -0.2) is 0 Å². The molecule has 5 heteroatoms. The van der Waals surface area contributed by atoms with Gasteiger partial charge in [0.05, 0.1) is 22.8 Å². The van der Waals surface area contributed by atoms with Crippen molar-refractivity contribution in [3.63, 3.8) is 0 Å². The molecule has 0 amide bonds. The second-order valence-corrected chi connectivity index (χ2v) is 16.1. The number of pyridine rings is 2. The molecule has 0 aliphatic heterocycles. The molecular weight excluding hydrogens is 780 g/mol. The van der Waals surface area contributed by atoms with E-state index in [1.807, 2.05) is 24.3 Å². The normalized spacial score (nSPS) is 17.7. The molecule has 0 atom stereocenters. The van der Waals surface area contributed by atoms with Crippen molar-refractivity contribution in [2.45, 2.75) is 120 Å². The van der Waals surface area contributed by atoms with E-state index in [2.05, 4.69) is 76.2 Å². The number of aromatic nitrogens is 2. The second kappa shape index (κ2) is 14.5. The number of rotatable bonds is 8. The van der Waals surface area contributed by atoms with E-state index in [-0.39, 0.29) is 21.1 Å². The van der Waals surface area contributed by atoms with E-state index in [1.54, 1.807) is 0 Å². The molecule has 2 aromatic carbocycles. The fraction of sp³-hybridized carbons (Fsp3) is 0.463. The summed E-state index contributed by atoms with van der Waals surface area (Å²) in [4.78, 5) is 12.5. The Hall–Kier alpha value is -2.13. The monoisotopic (exact) mass is 827 g/mol. The fourth-order valence-electron chi connectivity index (χ4n) is 7.93. The summed E-state index contributed by atoms with van der Waals surface area (Å²) in [7, 11) is 0. The summed E-state index contributed by atoms with van der Waals surface area (Å²) >= 11 is 11.6. The van der Waals surface area contributed by atoms with Gasteiger partial charge in [0.1, 0.15) is 0 Å². The molecule has 2 nitrogen and oxygen atoms in total. The van der Waals surface area contributed by atoms with Gasteiger partial charge < -0.3 is 25.3 Å². The minimum Gasteiger partial charge on any atom is -0.779 e. The van der Waals surface area contributed by atoms with Crippen LogP contribution in [0.25, 0.3) is 22.5 Å². The molecule has 2 fully saturated rings. The van der Waals surface area contributed by atoms with Gasteiger partial charge in [-0.15, -0.1) is 0 Å². The van der Waals surface area contributed by atoms with E-state index >= 15 is 0 Å². The Bertz CT molecular complexity index is 1530.